The molecule has 2 aliphatic rings. The van der Waals surface area contributed by atoms with Crippen molar-refractivity contribution in [3.05, 3.63) is 29.8 Å². The Balaban J connectivity index is 1.43. The normalized spacial score (nSPS) is 20.9. The molecule has 5 heteroatoms. The predicted molar refractivity (Wildman–Crippen MR) is 88.5 cm³/mol. The van der Waals surface area contributed by atoms with Gasteiger partial charge in [0.05, 0.1) is 0 Å². The molecule has 2 saturated heterocycles. The summed E-state index contributed by atoms with van der Waals surface area (Å²) in [6.07, 6.45) is 2.76. The summed E-state index contributed by atoms with van der Waals surface area (Å²) in [6.45, 7) is 5.72. The lowest BCUT2D eigenvalue weighted by Crippen LogP contribution is -2.63. The van der Waals surface area contributed by atoms with Crippen LogP contribution in [0.4, 0.5) is 0 Å². The number of aliphatic hydroxyl groups excluding tert-OH is 1. The molecule has 1 N–H and O–H groups in total. The number of aliphatic hydroxyl groups is 1. The predicted octanol–water partition coefficient (Wildman–Crippen LogP) is 1.43. The smallest absolute Gasteiger partial charge is 0.255 e. The number of carbonyl (C=O) groups is 1. The number of likely N-dealkylation sites (tertiary alicyclic amines) is 2. The van der Waals surface area contributed by atoms with Gasteiger partial charge in [-0.3, -0.25) is 9.69 Å². The van der Waals surface area contributed by atoms with Crippen LogP contribution < -0.4 is 4.74 Å². The van der Waals surface area contributed by atoms with Crippen molar-refractivity contribution in [3.63, 3.8) is 0 Å². The molecule has 0 spiro atoms. The van der Waals surface area contributed by atoms with E-state index in [0.717, 1.165) is 31.7 Å². The molecule has 0 bridgehead atoms. The van der Waals surface area contributed by atoms with Gasteiger partial charge in [0.1, 0.15) is 12.4 Å². The maximum absolute atomic E-state index is 12.2. The summed E-state index contributed by atoms with van der Waals surface area (Å²) in [7, 11) is 0. The van der Waals surface area contributed by atoms with Crippen molar-refractivity contribution in [2.24, 2.45) is 0 Å². The van der Waals surface area contributed by atoms with Crippen LogP contribution in [0.2, 0.25) is 0 Å². The number of ether oxygens (including phenoxy) is 1. The zero-order chi connectivity index (χ0) is 16.2. The molecular weight excluding hydrogens is 292 g/mol. The Kier molecular flexibility index (Phi) is 5.18. The van der Waals surface area contributed by atoms with Gasteiger partial charge in [-0.1, -0.05) is 24.6 Å². The van der Waals surface area contributed by atoms with Gasteiger partial charge in [-0.05, 0) is 44.5 Å². The second-order valence-corrected chi connectivity index (χ2v) is 6.59. The van der Waals surface area contributed by atoms with Crippen molar-refractivity contribution in [3.8, 4) is 5.75 Å². The lowest BCUT2D eigenvalue weighted by atomic mass is 10.0. The molecule has 23 heavy (non-hydrogen) atoms. The third-order valence-electron chi connectivity index (χ3n) is 4.86. The first kappa shape index (κ1) is 16.3. The van der Waals surface area contributed by atoms with Gasteiger partial charge in [0.15, 0.2) is 6.10 Å². The molecule has 1 atom stereocenters. The van der Waals surface area contributed by atoms with Crippen LogP contribution in [0, 0.1) is 6.92 Å². The average molecular weight is 318 g/mol. The molecule has 1 aromatic carbocycles. The minimum absolute atomic E-state index is 0.00850. The SMILES string of the molecule is Cc1ccccc1OC[C@H](O)C(=O)N1CC(N2CCCCC2)C1. The van der Waals surface area contributed by atoms with Crippen LogP contribution in [0.15, 0.2) is 24.3 Å². The van der Waals surface area contributed by atoms with Crippen LogP contribution in [0.5, 0.6) is 5.75 Å². The van der Waals surface area contributed by atoms with Crippen LogP contribution in [-0.2, 0) is 4.79 Å². The fourth-order valence-electron chi connectivity index (χ4n) is 3.32. The first-order chi connectivity index (χ1) is 11.1. The Labute approximate surface area is 137 Å². The lowest BCUT2D eigenvalue weighted by molar-refractivity contribution is -0.149. The molecule has 1 aromatic rings. The average Bonchev–Trinajstić information content (AvgIpc) is 2.53. The van der Waals surface area contributed by atoms with Crippen molar-refractivity contribution in [1.29, 1.82) is 0 Å². The number of para-hydroxylation sites is 1. The summed E-state index contributed by atoms with van der Waals surface area (Å²) in [5, 5.41) is 10.1. The molecular formula is C18H26N2O3. The molecule has 2 heterocycles. The second-order valence-electron chi connectivity index (χ2n) is 6.59. The number of piperidine rings is 1. The highest BCUT2D eigenvalue weighted by atomic mass is 16.5. The van der Waals surface area contributed by atoms with E-state index in [9.17, 15) is 9.90 Å². The minimum atomic E-state index is -1.09. The van der Waals surface area contributed by atoms with E-state index in [1.807, 2.05) is 31.2 Å². The van der Waals surface area contributed by atoms with Gasteiger partial charge in [-0.15, -0.1) is 0 Å². The lowest BCUT2D eigenvalue weighted by Gasteiger charge is -2.47. The zero-order valence-electron chi connectivity index (χ0n) is 13.8. The van der Waals surface area contributed by atoms with Crippen molar-refractivity contribution < 1.29 is 14.6 Å². The van der Waals surface area contributed by atoms with Gasteiger partial charge in [0.2, 0.25) is 0 Å². The van der Waals surface area contributed by atoms with Crippen molar-refractivity contribution in [2.75, 3.05) is 32.8 Å². The van der Waals surface area contributed by atoms with Gasteiger partial charge >= 0.3 is 0 Å². The molecule has 0 radical (unpaired) electrons. The van der Waals surface area contributed by atoms with Crippen LogP contribution in [0.25, 0.3) is 0 Å². The highest BCUT2D eigenvalue weighted by molar-refractivity contribution is 5.81. The molecule has 0 aromatic heterocycles. The molecule has 0 unspecified atom stereocenters. The van der Waals surface area contributed by atoms with Gasteiger partial charge < -0.3 is 14.7 Å². The summed E-state index contributed by atoms with van der Waals surface area (Å²) in [5.41, 5.74) is 1.00. The molecule has 0 aliphatic carbocycles. The Morgan fingerprint density at radius 2 is 1.96 bits per heavy atom. The van der Waals surface area contributed by atoms with Gasteiger partial charge in [0.25, 0.3) is 5.91 Å². The van der Waals surface area contributed by atoms with E-state index in [0.29, 0.717) is 11.8 Å². The third kappa shape index (κ3) is 3.85. The van der Waals surface area contributed by atoms with Crippen LogP contribution in [-0.4, -0.2) is 65.7 Å². The molecule has 2 aliphatic heterocycles. The summed E-state index contributed by atoms with van der Waals surface area (Å²) in [4.78, 5) is 16.5. The summed E-state index contributed by atoms with van der Waals surface area (Å²) < 4.78 is 5.57. The summed E-state index contributed by atoms with van der Waals surface area (Å²) in [6, 6.07) is 8.09. The molecule has 0 saturated carbocycles. The van der Waals surface area contributed by atoms with E-state index >= 15 is 0 Å². The van der Waals surface area contributed by atoms with E-state index in [2.05, 4.69) is 4.90 Å². The monoisotopic (exact) mass is 318 g/mol. The molecule has 2 fully saturated rings. The second kappa shape index (κ2) is 7.32. The highest BCUT2D eigenvalue weighted by Crippen LogP contribution is 2.21. The Hall–Kier alpha value is -1.59. The Morgan fingerprint density at radius 3 is 2.65 bits per heavy atom. The number of aryl methyl sites for hydroxylation is 1. The maximum Gasteiger partial charge on any atom is 0.255 e. The number of amides is 1. The fraction of sp³-hybridized carbons (Fsp3) is 0.611. The summed E-state index contributed by atoms with van der Waals surface area (Å²) >= 11 is 0. The maximum atomic E-state index is 12.2. The minimum Gasteiger partial charge on any atom is -0.490 e. The standard InChI is InChI=1S/C18H26N2O3/c1-14-7-3-4-8-17(14)23-13-16(21)18(22)20-11-15(12-20)19-9-5-2-6-10-19/h3-4,7-8,15-16,21H,2,5-6,9-13H2,1H3/t16-/m0/s1. The van der Waals surface area contributed by atoms with Crippen molar-refractivity contribution >= 4 is 5.91 Å². The Morgan fingerprint density at radius 1 is 1.26 bits per heavy atom. The first-order valence-corrected chi connectivity index (χ1v) is 8.54. The van der Waals surface area contributed by atoms with Crippen molar-refractivity contribution in [1.82, 2.24) is 9.80 Å². The quantitative estimate of drug-likeness (QED) is 0.892. The number of hydrogen-bond donors (Lipinski definition) is 1. The third-order valence-corrected chi connectivity index (χ3v) is 4.86. The molecule has 126 valence electrons. The Bertz CT molecular complexity index is 537. The van der Waals surface area contributed by atoms with Crippen LogP contribution >= 0.6 is 0 Å². The fourth-order valence-corrected chi connectivity index (χ4v) is 3.32. The number of hydrogen-bond acceptors (Lipinski definition) is 4. The van der Waals surface area contributed by atoms with Crippen LogP contribution in [0.3, 0.4) is 0 Å². The van der Waals surface area contributed by atoms with Crippen molar-refractivity contribution in [2.45, 2.75) is 38.3 Å². The summed E-state index contributed by atoms with van der Waals surface area (Å²) in [5.74, 6) is 0.501. The molecule has 3 rings (SSSR count). The number of carbonyl (C=O) groups excluding carboxylic acids is 1. The first-order valence-electron chi connectivity index (χ1n) is 8.54. The van der Waals surface area contributed by atoms with E-state index < -0.39 is 6.10 Å². The largest absolute Gasteiger partial charge is 0.490 e. The molecule has 1 amide bonds. The number of benzene rings is 1. The van der Waals surface area contributed by atoms with Gasteiger partial charge in [-0.25, -0.2) is 0 Å². The zero-order valence-corrected chi connectivity index (χ0v) is 13.8. The topological polar surface area (TPSA) is 53.0 Å². The van der Waals surface area contributed by atoms with E-state index in [1.165, 1.54) is 19.3 Å². The van der Waals surface area contributed by atoms with E-state index in [4.69, 9.17) is 4.74 Å². The van der Waals surface area contributed by atoms with E-state index in [1.54, 1.807) is 4.90 Å². The number of nitrogens with zero attached hydrogens (tertiary/aromatic N) is 2. The van der Waals surface area contributed by atoms with Gasteiger partial charge in [-0.2, -0.15) is 0 Å². The number of rotatable bonds is 5. The highest BCUT2D eigenvalue weighted by Gasteiger charge is 2.37. The molecule has 5 nitrogen and oxygen atoms in total. The van der Waals surface area contributed by atoms with Crippen LogP contribution in [0.1, 0.15) is 24.8 Å². The van der Waals surface area contributed by atoms with E-state index in [-0.39, 0.29) is 12.5 Å². The van der Waals surface area contributed by atoms with Gasteiger partial charge in [0, 0.05) is 19.1 Å².